The summed E-state index contributed by atoms with van der Waals surface area (Å²) in [5.74, 6) is -5.22. The molecule has 10 nitrogen and oxygen atoms in total. The molecule has 29 heavy (non-hydrogen) atoms. The summed E-state index contributed by atoms with van der Waals surface area (Å²) in [5, 5.41) is 23.7. The van der Waals surface area contributed by atoms with E-state index in [0.717, 1.165) is 18.9 Å². The van der Waals surface area contributed by atoms with Crippen LogP contribution in [0.25, 0.3) is 0 Å². The summed E-state index contributed by atoms with van der Waals surface area (Å²) in [4.78, 5) is 47.4. The van der Waals surface area contributed by atoms with Crippen molar-refractivity contribution in [3.63, 3.8) is 0 Å². The number of esters is 2. The number of amides is 1. The van der Waals surface area contributed by atoms with E-state index in [4.69, 9.17) is 4.74 Å². The molecule has 0 spiro atoms. The molecule has 2 unspecified atom stereocenters. The van der Waals surface area contributed by atoms with Crippen molar-refractivity contribution in [2.45, 2.75) is 12.8 Å². The number of rotatable bonds is 7. The largest absolute Gasteiger partial charge is 0.468 e. The van der Waals surface area contributed by atoms with E-state index in [1.54, 1.807) is 6.92 Å². The lowest BCUT2D eigenvalue weighted by Crippen LogP contribution is -2.44. The molecule has 1 aliphatic heterocycles. The third kappa shape index (κ3) is 4.72. The highest BCUT2D eigenvalue weighted by Gasteiger charge is 2.46. The van der Waals surface area contributed by atoms with Crippen LogP contribution in [-0.2, 0) is 23.9 Å². The van der Waals surface area contributed by atoms with Gasteiger partial charge in [-0.3, -0.25) is 24.5 Å². The van der Waals surface area contributed by atoms with Crippen LogP contribution in [0.15, 0.2) is 34.9 Å². The van der Waals surface area contributed by atoms with Crippen LogP contribution in [0.1, 0.15) is 18.4 Å². The van der Waals surface area contributed by atoms with Gasteiger partial charge in [0.2, 0.25) is 5.91 Å². The van der Waals surface area contributed by atoms with Crippen LogP contribution in [0, 0.1) is 27.4 Å². The van der Waals surface area contributed by atoms with E-state index >= 15 is 0 Å². The first-order valence-electron chi connectivity index (χ1n) is 8.40. The lowest BCUT2D eigenvalue weighted by atomic mass is 9.78. The van der Waals surface area contributed by atoms with Crippen LogP contribution in [0.2, 0.25) is 0 Å². The molecule has 2 atom stereocenters. The van der Waals surface area contributed by atoms with E-state index in [0.29, 0.717) is 0 Å². The Morgan fingerprint density at radius 3 is 2.66 bits per heavy atom. The minimum absolute atomic E-state index is 0.0218. The number of nitro benzene ring substituents is 1. The lowest BCUT2D eigenvalue weighted by Gasteiger charge is -2.30. The molecule has 152 valence electrons. The molecule has 0 aliphatic carbocycles. The standard InChI is InChI=1S/C18H17N3O7S/c1-3-28-13(22)9-29-17-11(8-19)14(15(16(23)20-17)18(24)27-2)10-6-4-5-7-12(10)21(25)26/h4-7,14-15H,3,9H2,1-2H3,(H,20,23). The Kier molecular flexibility index (Phi) is 7.33. The number of nitrogens with one attached hydrogen (secondary N) is 1. The molecule has 0 fully saturated rings. The summed E-state index contributed by atoms with van der Waals surface area (Å²) in [5.41, 5.74) is -0.402. The van der Waals surface area contributed by atoms with Gasteiger partial charge in [-0.05, 0) is 6.92 Å². The van der Waals surface area contributed by atoms with E-state index in [2.05, 4.69) is 10.1 Å². The van der Waals surface area contributed by atoms with Crippen molar-refractivity contribution in [1.29, 1.82) is 5.26 Å². The van der Waals surface area contributed by atoms with Crippen molar-refractivity contribution in [3.8, 4) is 6.07 Å². The number of hydrogen-bond donors (Lipinski definition) is 1. The van der Waals surface area contributed by atoms with Crippen molar-refractivity contribution in [2.24, 2.45) is 5.92 Å². The van der Waals surface area contributed by atoms with E-state index in [1.165, 1.54) is 24.3 Å². The van der Waals surface area contributed by atoms with Gasteiger partial charge in [0.25, 0.3) is 5.69 Å². The Hall–Kier alpha value is -3.39. The van der Waals surface area contributed by atoms with Gasteiger partial charge in [0, 0.05) is 11.6 Å². The highest BCUT2D eigenvalue weighted by molar-refractivity contribution is 8.03. The molecule has 1 aromatic carbocycles. The second-order valence-corrected chi connectivity index (χ2v) is 6.72. The Balaban J connectivity index is 2.61. The maximum Gasteiger partial charge on any atom is 0.319 e. The van der Waals surface area contributed by atoms with Gasteiger partial charge >= 0.3 is 11.9 Å². The number of thioether (sulfide) groups is 1. The number of nitriles is 1. The molecule has 0 radical (unpaired) electrons. The Bertz CT molecular complexity index is 922. The summed E-state index contributed by atoms with van der Waals surface area (Å²) < 4.78 is 9.51. The fraction of sp³-hybridized carbons (Fsp3) is 0.333. The summed E-state index contributed by atoms with van der Waals surface area (Å²) in [6.07, 6.45) is 0. The second kappa shape index (κ2) is 9.70. The molecule has 0 bridgehead atoms. The number of hydrogen-bond acceptors (Lipinski definition) is 9. The van der Waals surface area contributed by atoms with Crippen molar-refractivity contribution >= 4 is 35.3 Å². The van der Waals surface area contributed by atoms with Crippen LogP contribution >= 0.6 is 11.8 Å². The molecule has 1 aliphatic rings. The molecule has 0 saturated heterocycles. The van der Waals surface area contributed by atoms with Crippen LogP contribution in [0.5, 0.6) is 0 Å². The number of nitro groups is 1. The predicted octanol–water partition coefficient (Wildman–Crippen LogP) is 1.63. The molecule has 0 aromatic heterocycles. The summed E-state index contributed by atoms with van der Waals surface area (Å²) in [7, 11) is 1.08. The van der Waals surface area contributed by atoms with Crippen molar-refractivity contribution < 1.29 is 28.8 Å². The molecular weight excluding hydrogens is 402 g/mol. The average Bonchev–Trinajstić information content (AvgIpc) is 2.71. The van der Waals surface area contributed by atoms with Crippen LogP contribution < -0.4 is 5.32 Å². The third-order valence-electron chi connectivity index (χ3n) is 4.09. The smallest absolute Gasteiger partial charge is 0.319 e. The molecule has 1 aromatic rings. The van der Waals surface area contributed by atoms with Gasteiger partial charge in [0.05, 0.1) is 47.0 Å². The molecule has 1 amide bonds. The van der Waals surface area contributed by atoms with E-state index in [1.807, 2.05) is 6.07 Å². The first kappa shape index (κ1) is 21.9. The minimum atomic E-state index is -1.50. The van der Waals surface area contributed by atoms with Gasteiger partial charge in [-0.2, -0.15) is 5.26 Å². The number of methoxy groups -OCH3 is 1. The van der Waals surface area contributed by atoms with Gasteiger partial charge in [-0.15, -0.1) is 0 Å². The maximum absolute atomic E-state index is 12.6. The number of para-hydroxylation sites is 1. The quantitative estimate of drug-likeness (QED) is 0.301. The Labute approximate surface area is 170 Å². The zero-order valence-electron chi connectivity index (χ0n) is 15.5. The Morgan fingerprint density at radius 2 is 2.07 bits per heavy atom. The molecule has 2 rings (SSSR count). The van der Waals surface area contributed by atoms with Crippen molar-refractivity contribution in [3.05, 3.63) is 50.5 Å². The maximum atomic E-state index is 12.6. The predicted molar refractivity (Wildman–Crippen MR) is 101 cm³/mol. The number of ether oxygens (including phenoxy) is 2. The monoisotopic (exact) mass is 419 g/mol. The normalized spacial score (nSPS) is 18.4. The summed E-state index contributed by atoms with van der Waals surface area (Å²) in [6, 6.07) is 7.45. The van der Waals surface area contributed by atoms with Gasteiger partial charge < -0.3 is 14.8 Å². The third-order valence-corrected chi connectivity index (χ3v) is 5.08. The zero-order valence-corrected chi connectivity index (χ0v) is 16.4. The number of carbonyl (C=O) groups excluding carboxylic acids is 3. The van der Waals surface area contributed by atoms with Crippen molar-refractivity contribution in [2.75, 3.05) is 19.5 Å². The Morgan fingerprint density at radius 1 is 1.38 bits per heavy atom. The van der Waals surface area contributed by atoms with Crippen molar-refractivity contribution in [1.82, 2.24) is 5.32 Å². The second-order valence-electron chi connectivity index (χ2n) is 5.73. The number of carbonyl (C=O) groups is 3. The molecule has 1 heterocycles. The fourth-order valence-electron chi connectivity index (χ4n) is 2.91. The van der Waals surface area contributed by atoms with Gasteiger partial charge in [0.1, 0.15) is 5.92 Å². The van der Waals surface area contributed by atoms with E-state index in [-0.39, 0.29) is 34.2 Å². The highest BCUT2D eigenvalue weighted by atomic mass is 32.2. The number of allylic oxidation sites excluding steroid dienone is 1. The first-order chi connectivity index (χ1) is 13.8. The summed E-state index contributed by atoms with van der Waals surface area (Å²) >= 11 is 0.845. The van der Waals surface area contributed by atoms with E-state index < -0.39 is 34.6 Å². The topological polar surface area (TPSA) is 149 Å². The molecular formula is C18H17N3O7S. The zero-order chi connectivity index (χ0) is 21.6. The van der Waals surface area contributed by atoms with E-state index in [9.17, 15) is 29.8 Å². The average molecular weight is 419 g/mol. The van der Waals surface area contributed by atoms with Gasteiger partial charge in [-0.1, -0.05) is 30.0 Å². The molecule has 1 N–H and O–H groups in total. The summed E-state index contributed by atoms with van der Waals surface area (Å²) in [6.45, 7) is 1.80. The van der Waals surface area contributed by atoms with Gasteiger partial charge in [0.15, 0.2) is 0 Å². The van der Waals surface area contributed by atoms with Crippen LogP contribution in [0.3, 0.4) is 0 Å². The highest BCUT2D eigenvalue weighted by Crippen LogP contribution is 2.43. The van der Waals surface area contributed by atoms with Crippen LogP contribution in [-0.4, -0.2) is 42.2 Å². The number of benzene rings is 1. The lowest BCUT2D eigenvalue weighted by molar-refractivity contribution is -0.385. The molecule has 11 heteroatoms. The minimum Gasteiger partial charge on any atom is -0.468 e. The first-order valence-corrected chi connectivity index (χ1v) is 9.38. The fourth-order valence-corrected chi connectivity index (χ4v) is 3.75. The van der Waals surface area contributed by atoms with Gasteiger partial charge in [-0.25, -0.2) is 0 Å². The number of nitrogens with zero attached hydrogens (tertiary/aromatic N) is 2. The molecule has 0 saturated carbocycles. The SMILES string of the molecule is CCOC(=O)CSC1=C(C#N)C(c2ccccc2[N+](=O)[O-])C(C(=O)OC)C(=O)N1. The van der Waals surface area contributed by atoms with Crippen LogP contribution in [0.4, 0.5) is 5.69 Å².